The van der Waals surface area contributed by atoms with Gasteiger partial charge in [0.2, 0.25) is 0 Å². The summed E-state index contributed by atoms with van der Waals surface area (Å²) in [5.74, 6) is 0.853. The molecule has 0 aliphatic heterocycles. The quantitative estimate of drug-likeness (QED) is 0.856. The summed E-state index contributed by atoms with van der Waals surface area (Å²) in [6, 6.07) is 4.45. The number of rotatable bonds is 4. The second kappa shape index (κ2) is 4.53. The zero-order valence-electron chi connectivity index (χ0n) is 9.90. The summed E-state index contributed by atoms with van der Waals surface area (Å²) in [7, 11) is 1.96. The van der Waals surface area contributed by atoms with Gasteiger partial charge in [-0.05, 0) is 32.5 Å². The minimum absolute atomic E-state index is 0.375. The lowest BCUT2D eigenvalue weighted by Gasteiger charge is -2.06. The maximum atomic E-state index is 5.04. The Morgan fingerprint density at radius 3 is 3.00 bits per heavy atom. The van der Waals surface area contributed by atoms with Gasteiger partial charge in [-0.3, -0.25) is 0 Å². The van der Waals surface area contributed by atoms with Crippen molar-refractivity contribution < 1.29 is 4.52 Å². The van der Waals surface area contributed by atoms with E-state index in [1.165, 1.54) is 5.56 Å². The lowest BCUT2D eigenvalue weighted by Crippen LogP contribution is -2.11. The number of hydrogen-bond donors (Lipinski definition) is 1. The number of nitrogens with zero attached hydrogens (tertiary/aromatic N) is 2. The molecule has 0 spiro atoms. The second-order valence-corrected chi connectivity index (χ2v) is 4.06. The van der Waals surface area contributed by atoms with Crippen LogP contribution in [0.1, 0.15) is 30.0 Å². The van der Waals surface area contributed by atoms with Crippen LogP contribution in [0, 0.1) is 6.92 Å². The molecular weight excluding hydrogens is 202 g/mol. The van der Waals surface area contributed by atoms with Crippen molar-refractivity contribution in [2.45, 2.75) is 26.4 Å². The van der Waals surface area contributed by atoms with Crippen LogP contribution in [0.5, 0.6) is 0 Å². The van der Waals surface area contributed by atoms with Crippen molar-refractivity contribution in [2.24, 2.45) is 0 Å². The molecule has 0 amide bonds. The van der Waals surface area contributed by atoms with Crippen molar-refractivity contribution in [3.63, 3.8) is 0 Å². The highest BCUT2D eigenvalue weighted by molar-refractivity contribution is 5.16. The van der Waals surface area contributed by atoms with E-state index >= 15 is 0 Å². The van der Waals surface area contributed by atoms with Crippen molar-refractivity contribution in [3.05, 3.63) is 41.5 Å². The Balaban J connectivity index is 2.08. The molecule has 0 bridgehead atoms. The van der Waals surface area contributed by atoms with Gasteiger partial charge in [0, 0.05) is 24.5 Å². The van der Waals surface area contributed by atoms with Crippen LogP contribution in [-0.2, 0) is 6.54 Å². The first-order chi connectivity index (χ1) is 7.69. The highest BCUT2D eigenvalue weighted by atomic mass is 16.5. The third-order valence-corrected chi connectivity index (χ3v) is 2.73. The first kappa shape index (κ1) is 11.0. The molecule has 1 N–H and O–H groups in total. The Kier molecular flexibility index (Phi) is 3.10. The molecule has 0 radical (unpaired) electrons. The summed E-state index contributed by atoms with van der Waals surface area (Å²) < 4.78 is 7.15. The van der Waals surface area contributed by atoms with E-state index in [0.717, 1.165) is 18.0 Å². The molecule has 1 unspecified atom stereocenters. The highest BCUT2D eigenvalue weighted by Crippen LogP contribution is 2.13. The van der Waals surface area contributed by atoms with Crippen molar-refractivity contribution in [1.29, 1.82) is 0 Å². The van der Waals surface area contributed by atoms with E-state index in [-0.39, 0.29) is 0 Å². The molecule has 0 saturated carbocycles. The summed E-state index contributed by atoms with van der Waals surface area (Å²) in [5.41, 5.74) is 2.24. The molecule has 4 nitrogen and oxygen atoms in total. The maximum Gasteiger partial charge on any atom is 0.133 e. The van der Waals surface area contributed by atoms with Crippen LogP contribution in [0.25, 0.3) is 0 Å². The van der Waals surface area contributed by atoms with Crippen LogP contribution in [0.3, 0.4) is 0 Å². The normalized spacial score (nSPS) is 12.9. The van der Waals surface area contributed by atoms with E-state index in [9.17, 15) is 0 Å². The molecule has 16 heavy (non-hydrogen) atoms. The third kappa shape index (κ3) is 2.33. The van der Waals surface area contributed by atoms with E-state index in [1.54, 1.807) is 0 Å². The predicted octanol–water partition coefficient (Wildman–Crippen LogP) is 2.11. The van der Waals surface area contributed by atoms with Crippen LogP contribution >= 0.6 is 0 Å². The van der Waals surface area contributed by atoms with E-state index in [4.69, 9.17) is 4.52 Å². The fourth-order valence-electron chi connectivity index (χ4n) is 1.66. The average molecular weight is 219 g/mol. The number of aryl methyl sites for hydroxylation is 1. The molecule has 2 heterocycles. The summed E-state index contributed by atoms with van der Waals surface area (Å²) in [4.78, 5) is 0. The highest BCUT2D eigenvalue weighted by Gasteiger charge is 2.06. The molecule has 2 aromatic rings. The molecule has 2 aromatic heterocycles. The Hall–Kier alpha value is -1.55. The van der Waals surface area contributed by atoms with Gasteiger partial charge >= 0.3 is 0 Å². The third-order valence-electron chi connectivity index (χ3n) is 2.73. The van der Waals surface area contributed by atoms with Gasteiger partial charge in [0.05, 0.1) is 6.54 Å². The summed E-state index contributed by atoms with van der Waals surface area (Å²) in [6.07, 6.45) is 4.19. The van der Waals surface area contributed by atoms with Gasteiger partial charge in [-0.25, -0.2) is 0 Å². The van der Waals surface area contributed by atoms with Crippen molar-refractivity contribution >= 4 is 0 Å². The van der Waals surface area contributed by atoms with Crippen LogP contribution in [0.4, 0.5) is 0 Å². The largest absolute Gasteiger partial charge is 0.361 e. The topological polar surface area (TPSA) is 43.0 Å². The lowest BCUT2D eigenvalue weighted by atomic mass is 10.2. The van der Waals surface area contributed by atoms with Crippen LogP contribution in [0.2, 0.25) is 0 Å². The summed E-state index contributed by atoms with van der Waals surface area (Å²) in [6.45, 7) is 4.80. The van der Waals surface area contributed by atoms with Crippen LogP contribution in [0.15, 0.2) is 29.0 Å². The first-order valence-electron chi connectivity index (χ1n) is 5.44. The Labute approximate surface area is 95.2 Å². The molecule has 0 aliphatic carbocycles. The molecule has 1 atom stereocenters. The number of aromatic nitrogens is 2. The van der Waals surface area contributed by atoms with Gasteiger partial charge in [-0.15, -0.1) is 0 Å². The molecule has 0 aromatic carbocycles. The van der Waals surface area contributed by atoms with E-state index in [0.29, 0.717) is 6.04 Å². The van der Waals surface area contributed by atoms with Crippen LogP contribution < -0.4 is 5.32 Å². The van der Waals surface area contributed by atoms with Crippen molar-refractivity contribution in [1.82, 2.24) is 15.0 Å². The molecule has 0 aliphatic rings. The summed E-state index contributed by atoms with van der Waals surface area (Å²) >= 11 is 0. The fraction of sp³-hybridized carbons (Fsp3) is 0.417. The second-order valence-electron chi connectivity index (χ2n) is 4.06. The van der Waals surface area contributed by atoms with Crippen molar-refractivity contribution in [2.75, 3.05) is 7.05 Å². The minimum atomic E-state index is 0.375. The first-order valence-corrected chi connectivity index (χ1v) is 5.44. The lowest BCUT2D eigenvalue weighted by molar-refractivity contribution is 0.389. The van der Waals surface area contributed by atoms with Gasteiger partial charge in [0.15, 0.2) is 0 Å². The van der Waals surface area contributed by atoms with Gasteiger partial charge in [-0.1, -0.05) is 5.16 Å². The Morgan fingerprint density at radius 1 is 1.56 bits per heavy atom. The van der Waals surface area contributed by atoms with Gasteiger partial charge < -0.3 is 14.4 Å². The predicted molar refractivity (Wildman–Crippen MR) is 62.2 cm³/mol. The van der Waals surface area contributed by atoms with Crippen molar-refractivity contribution in [3.8, 4) is 0 Å². The Morgan fingerprint density at radius 2 is 2.38 bits per heavy atom. The Bertz CT molecular complexity index is 458. The standard InChI is InChI=1S/C12H17N3O/c1-9-6-12(14-16-9)8-15-5-4-11(7-15)10(2)13-3/h4-7,10,13H,8H2,1-3H3. The fourth-order valence-corrected chi connectivity index (χ4v) is 1.66. The van der Waals surface area contributed by atoms with Crippen LogP contribution in [-0.4, -0.2) is 16.8 Å². The molecule has 4 heteroatoms. The van der Waals surface area contributed by atoms with E-state index in [1.807, 2.05) is 20.0 Å². The average Bonchev–Trinajstić information content (AvgIpc) is 2.87. The maximum absolute atomic E-state index is 5.04. The van der Waals surface area contributed by atoms with E-state index in [2.05, 4.69) is 40.4 Å². The number of nitrogens with one attached hydrogen (secondary N) is 1. The van der Waals surface area contributed by atoms with Gasteiger partial charge in [0.25, 0.3) is 0 Å². The van der Waals surface area contributed by atoms with Gasteiger partial charge in [-0.2, -0.15) is 0 Å². The SMILES string of the molecule is CNC(C)c1ccn(Cc2cc(C)on2)c1. The molecule has 0 fully saturated rings. The number of hydrogen-bond acceptors (Lipinski definition) is 3. The molecule has 86 valence electrons. The zero-order chi connectivity index (χ0) is 11.5. The zero-order valence-corrected chi connectivity index (χ0v) is 9.90. The van der Waals surface area contributed by atoms with Gasteiger partial charge in [0.1, 0.15) is 11.5 Å². The van der Waals surface area contributed by atoms with E-state index < -0.39 is 0 Å². The smallest absolute Gasteiger partial charge is 0.133 e. The molecular formula is C12H17N3O. The minimum Gasteiger partial charge on any atom is -0.361 e. The summed E-state index contributed by atoms with van der Waals surface area (Å²) in [5, 5.41) is 7.19. The molecule has 2 rings (SSSR count). The molecule has 0 saturated heterocycles. The monoisotopic (exact) mass is 219 g/mol.